The van der Waals surface area contributed by atoms with Crippen LogP contribution < -0.4 is 10.6 Å². The summed E-state index contributed by atoms with van der Waals surface area (Å²) in [6.45, 7) is 0. The van der Waals surface area contributed by atoms with Crippen molar-refractivity contribution < 1.29 is 9.15 Å². The van der Waals surface area contributed by atoms with Crippen molar-refractivity contribution in [3.05, 3.63) is 11.9 Å². The van der Waals surface area contributed by atoms with Gasteiger partial charge < -0.3 is 5.32 Å². The smallest absolute Gasteiger partial charge is 0.236 e. The van der Waals surface area contributed by atoms with Crippen LogP contribution in [0.5, 0.6) is 0 Å². The maximum atomic E-state index is 3.15. The second-order valence-electron chi connectivity index (χ2n) is 3.22. The third-order valence-corrected chi connectivity index (χ3v) is 1.19. The Balaban J connectivity index is 4.37. The molecule has 0 saturated carbocycles. The summed E-state index contributed by atoms with van der Waals surface area (Å²) in [7, 11) is 9.79. The van der Waals surface area contributed by atoms with Gasteiger partial charge in [-0.05, 0) is 0 Å². The highest BCUT2D eigenvalue weighted by Gasteiger charge is 1.99. The molecule has 0 saturated heterocycles. The van der Waals surface area contributed by atoms with E-state index in [2.05, 4.69) is 10.6 Å². The van der Waals surface area contributed by atoms with E-state index >= 15 is 0 Å². The minimum atomic E-state index is 1.02. The quantitative estimate of drug-likeness (QED) is 0.343. The van der Waals surface area contributed by atoms with Crippen LogP contribution in [0.25, 0.3) is 0 Å². The lowest BCUT2D eigenvalue weighted by atomic mass is 10.5. The van der Waals surface area contributed by atoms with Crippen molar-refractivity contribution in [2.75, 3.05) is 35.2 Å². The van der Waals surface area contributed by atoms with Crippen LogP contribution in [-0.2, 0) is 0 Å². The molecule has 0 aromatic rings. The first-order chi connectivity index (χ1) is 6.06. The lowest BCUT2D eigenvalue weighted by Gasteiger charge is -1.94. The average Bonchev–Trinajstić information content (AvgIpc) is 1.99. The highest BCUT2D eigenvalue weighted by Crippen LogP contribution is 1.78. The van der Waals surface area contributed by atoms with Gasteiger partial charge in [-0.15, -0.1) is 0 Å². The number of hydrogen-bond donors (Lipinski definition) is 2. The zero-order chi connectivity index (χ0) is 10.3. The molecule has 0 aromatic heterocycles. The Labute approximate surface area is 80.3 Å². The molecule has 0 aromatic carbocycles. The van der Waals surface area contributed by atoms with Gasteiger partial charge in [0.05, 0.1) is 20.3 Å². The number of nitrogens with zero attached hydrogens (tertiary/aromatic N) is 2. The third kappa shape index (κ3) is 7.05. The van der Waals surface area contributed by atoms with Crippen LogP contribution in [0.3, 0.4) is 0 Å². The molecule has 13 heavy (non-hydrogen) atoms. The van der Waals surface area contributed by atoms with Gasteiger partial charge in [0, 0.05) is 7.05 Å². The lowest BCUT2D eigenvalue weighted by Crippen LogP contribution is -2.22. The molecule has 4 heteroatoms. The summed E-state index contributed by atoms with van der Waals surface area (Å²) < 4.78 is 3.94. The third-order valence-electron chi connectivity index (χ3n) is 1.19. The van der Waals surface area contributed by atoms with Crippen LogP contribution in [-0.4, -0.2) is 56.9 Å². The van der Waals surface area contributed by atoms with Crippen LogP contribution in [0.4, 0.5) is 0 Å². The Bertz CT molecular complexity index is 230. The van der Waals surface area contributed by atoms with Gasteiger partial charge in [-0.1, -0.05) is 0 Å². The standard InChI is InChI=1S/C9H18N4/c1-10-6-9(7-12(2)3)11-8-13(4)5/h6-8H,1-5H3/p+2. The Kier molecular flexibility index (Phi) is 5.59. The molecule has 0 atom stereocenters. The van der Waals surface area contributed by atoms with E-state index in [1.54, 1.807) is 0 Å². The molecule has 74 valence electrons. The summed E-state index contributed by atoms with van der Waals surface area (Å²) >= 11 is 0. The second-order valence-corrected chi connectivity index (χ2v) is 3.22. The van der Waals surface area contributed by atoms with E-state index in [1.807, 2.05) is 63.1 Å². The lowest BCUT2D eigenvalue weighted by molar-refractivity contribution is -0.462. The van der Waals surface area contributed by atoms with E-state index < -0.39 is 0 Å². The van der Waals surface area contributed by atoms with Crippen LogP contribution in [0.2, 0.25) is 0 Å². The van der Waals surface area contributed by atoms with Crippen molar-refractivity contribution in [1.82, 2.24) is 10.6 Å². The van der Waals surface area contributed by atoms with Gasteiger partial charge in [-0.25, -0.2) is 9.89 Å². The van der Waals surface area contributed by atoms with Gasteiger partial charge in [0.25, 0.3) is 0 Å². The largest absolute Gasteiger partial charge is 0.390 e. The Morgan fingerprint density at radius 3 is 2.08 bits per heavy atom. The summed E-state index contributed by atoms with van der Waals surface area (Å²) in [6, 6.07) is 0. The minimum absolute atomic E-state index is 1.02. The fourth-order valence-electron chi connectivity index (χ4n) is 0.754. The molecule has 2 N–H and O–H groups in total. The van der Waals surface area contributed by atoms with Crippen molar-refractivity contribution in [3.63, 3.8) is 0 Å². The Morgan fingerprint density at radius 1 is 1.08 bits per heavy atom. The number of allylic oxidation sites excluding steroid dienone is 1. The first-order valence-corrected chi connectivity index (χ1v) is 4.21. The van der Waals surface area contributed by atoms with E-state index in [0.717, 1.165) is 5.70 Å². The van der Waals surface area contributed by atoms with Gasteiger partial charge >= 0.3 is 0 Å². The van der Waals surface area contributed by atoms with Crippen molar-refractivity contribution in [3.8, 4) is 0 Å². The van der Waals surface area contributed by atoms with Crippen LogP contribution >= 0.6 is 0 Å². The summed E-state index contributed by atoms with van der Waals surface area (Å²) in [4.78, 5) is 0. The van der Waals surface area contributed by atoms with Crippen LogP contribution in [0.1, 0.15) is 0 Å². The first kappa shape index (κ1) is 11.7. The predicted molar refractivity (Wildman–Crippen MR) is 56.6 cm³/mol. The first-order valence-electron chi connectivity index (χ1n) is 4.21. The maximum absolute atomic E-state index is 3.15. The average molecular weight is 184 g/mol. The van der Waals surface area contributed by atoms with Crippen molar-refractivity contribution in [2.24, 2.45) is 0 Å². The van der Waals surface area contributed by atoms with Gasteiger partial charge in [0.2, 0.25) is 18.3 Å². The van der Waals surface area contributed by atoms with Crippen molar-refractivity contribution >= 4 is 12.6 Å². The van der Waals surface area contributed by atoms with Crippen molar-refractivity contribution in [2.45, 2.75) is 0 Å². The molecule has 0 rings (SSSR count). The van der Waals surface area contributed by atoms with Crippen molar-refractivity contribution in [1.29, 1.82) is 0 Å². The second kappa shape index (κ2) is 6.22. The topological polar surface area (TPSA) is 30.1 Å². The summed E-state index contributed by atoms with van der Waals surface area (Å²) in [5.74, 6) is 0. The normalized spacial score (nSPS) is 10.4. The molecule has 0 unspecified atom stereocenters. The molecular formula is C9H20N4+2. The molecule has 0 aliphatic carbocycles. The molecule has 4 nitrogen and oxygen atoms in total. The number of rotatable bonds is 4. The molecular weight excluding hydrogens is 164 g/mol. The molecule has 0 radical (unpaired) electrons. The zero-order valence-corrected chi connectivity index (χ0v) is 9.13. The van der Waals surface area contributed by atoms with Gasteiger partial charge in [0.15, 0.2) is 0 Å². The molecule has 0 fully saturated rings. The highest BCUT2D eigenvalue weighted by molar-refractivity contribution is 5.77. The monoisotopic (exact) mass is 184 g/mol. The van der Waals surface area contributed by atoms with E-state index in [1.165, 1.54) is 0 Å². The fraction of sp³-hybridized carbons (Fsp3) is 0.556. The maximum Gasteiger partial charge on any atom is 0.236 e. The summed E-state index contributed by atoms with van der Waals surface area (Å²) in [6.07, 6.45) is 5.79. The predicted octanol–water partition coefficient (Wildman–Crippen LogP) is -0.720. The molecule has 0 spiro atoms. The zero-order valence-electron chi connectivity index (χ0n) is 9.13. The fourth-order valence-corrected chi connectivity index (χ4v) is 0.754. The molecule has 0 amide bonds. The SMILES string of the molecule is CN/C=C(\C=[N+](C)C)NC=[N+](C)C. The van der Waals surface area contributed by atoms with E-state index in [9.17, 15) is 0 Å². The minimum Gasteiger partial charge on any atom is -0.390 e. The molecule has 0 heterocycles. The molecule has 0 aliphatic heterocycles. The molecule has 0 aliphatic rings. The van der Waals surface area contributed by atoms with Gasteiger partial charge in [0.1, 0.15) is 14.1 Å². The Hall–Kier alpha value is -1.32. The van der Waals surface area contributed by atoms with E-state index in [4.69, 9.17) is 0 Å². The van der Waals surface area contributed by atoms with Gasteiger partial charge in [-0.2, -0.15) is 0 Å². The molecule has 0 bridgehead atoms. The van der Waals surface area contributed by atoms with E-state index in [0.29, 0.717) is 0 Å². The number of hydrogen-bond acceptors (Lipinski definition) is 1. The van der Waals surface area contributed by atoms with E-state index in [-0.39, 0.29) is 0 Å². The van der Waals surface area contributed by atoms with Crippen LogP contribution in [0, 0.1) is 0 Å². The van der Waals surface area contributed by atoms with Gasteiger partial charge in [-0.3, -0.25) is 4.58 Å². The van der Waals surface area contributed by atoms with Crippen LogP contribution in [0.15, 0.2) is 11.9 Å². The summed E-state index contributed by atoms with van der Waals surface area (Å²) in [5.41, 5.74) is 1.02. The Morgan fingerprint density at radius 2 is 1.69 bits per heavy atom. The highest BCUT2D eigenvalue weighted by atomic mass is 15.1. The number of nitrogens with one attached hydrogen (secondary N) is 2. The summed E-state index contributed by atoms with van der Waals surface area (Å²) in [5, 5.41) is 6.13.